The molecule has 0 radical (unpaired) electrons. The third-order valence-electron chi connectivity index (χ3n) is 4.62. The number of hydrogen-bond donors (Lipinski definition) is 1. The number of nitrogens with one attached hydrogen (secondary N) is 1. The second kappa shape index (κ2) is 7.09. The van der Waals surface area contributed by atoms with Gasteiger partial charge in [-0.3, -0.25) is 0 Å². The van der Waals surface area contributed by atoms with Gasteiger partial charge in [0.2, 0.25) is 0 Å². The summed E-state index contributed by atoms with van der Waals surface area (Å²) in [5, 5.41) is 3.90. The van der Waals surface area contributed by atoms with Crippen molar-refractivity contribution in [2.75, 3.05) is 0 Å². The van der Waals surface area contributed by atoms with Crippen LogP contribution in [0.2, 0.25) is 0 Å². The van der Waals surface area contributed by atoms with Gasteiger partial charge in [0.05, 0.1) is 0 Å². The normalized spacial score (nSPS) is 25.1. The lowest BCUT2D eigenvalue weighted by molar-refractivity contribution is 0.242. The van der Waals surface area contributed by atoms with Crippen molar-refractivity contribution in [3.8, 4) is 0 Å². The second-order valence-electron chi connectivity index (χ2n) is 7.12. The van der Waals surface area contributed by atoms with Crippen LogP contribution in [0.15, 0.2) is 6.07 Å². The molecule has 0 saturated heterocycles. The summed E-state index contributed by atoms with van der Waals surface area (Å²) in [5.41, 5.74) is 1.51. The number of rotatable bonds is 5. The van der Waals surface area contributed by atoms with Crippen LogP contribution < -0.4 is 5.32 Å². The van der Waals surface area contributed by atoms with Crippen LogP contribution in [0.4, 0.5) is 0 Å². The maximum Gasteiger partial charge on any atom is 0.0305 e. The molecule has 0 bridgehead atoms. The molecule has 0 amide bonds. The van der Waals surface area contributed by atoms with Gasteiger partial charge in [-0.1, -0.05) is 26.7 Å². The van der Waals surface area contributed by atoms with Gasteiger partial charge in [0, 0.05) is 21.8 Å². The van der Waals surface area contributed by atoms with Crippen molar-refractivity contribution in [1.29, 1.82) is 0 Å². The maximum atomic E-state index is 3.90. The summed E-state index contributed by atoms with van der Waals surface area (Å²) in [5.74, 6) is 1.79. The minimum atomic E-state index is 0.503. The Bertz CT molecular complexity index is 421. The molecule has 20 heavy (non-hydrogen) atoms. The van der Waals surface area contributed by atoms with Gasteiger partial charge in [-0.15, -0.1) is 11.3 Å². The van der Waals surface area contributed by atoms with Gasteiger partial charge in [0.15, 0.2) is 0 Å². The molecule has 2 heteroatoms. The van der Waals surface area contributed by atoms with E-state index in [9.17, 15) is 0 Å². The molecule has 1 aromatic heterocycles. The molecule has 1 fully saturated rings. The first kappa shape index (κ1) is 16.0. The molecule has 114 valence electrons. The SMILES string of the molecule is Cc1cc(C(C)NC2CCCC(CC(C)C)C2)c(C)s1. The molecular formula is C18H31NS. The smallest absolute Gasteiger partial charge is 0.0305 e. The van der Waals surface area contributed by atoms with Crippen molar-refractivity contribution in [2.45, 2.75) is 78.8 Å². The highest BCUT2D eigenvalue weighted by molar-refractivity contribution is 7.12. The van der Waals surface area contributed by atoms with Crippen molar-refractivity contribution >= 4 is 11.3 Å². The predicted octanol–water partition coefficient (Wildman–Crippen LogP) is 5.62. The van der Waals surface area contributed by atoms with Gasteiger partial charge in [0.25, 0.3) is 0 Å². The largest absolute Gasteiger partial charge is 0.307 e. The summed E-state index contributed by atoms with van der Waals surface area (Å²) in [6, 6.07) is 3.59. The van der Waals surface area contributed by atoms with E-state index in [0.29, 0.717) is 6.04 Å². The van der Waals surface area contributed by atoms with Gasteiger partial charge >= 0.3 is 0 Å². The van der Waals surface area contributed by atoms with Crippen LogP contribution in [-0.2, 0) is 0 Å². The molecule has 1 saturated carbocycles. The third kappa shape index (κ3) is 4.33. The fourth-order valence-corrected chi connectivity index (χ4v) is 4.87. The van der Waals surface area contributed by atoms with E-state index in [1.807, 2.05) is 11.3 Å². The van der Waals surface area contributed by atoms with Crippen molar-refractivity contribution in [2.24, 2.45) is 11.8 Å². The van der Waals surface area contributed by atoms with Crippen LogP contribution in [-0.4, -0.2) is 6.04 Å². The topological polar surface area (TPSA) is 12.0 Å². The molecule has 3 atom stereocenters. The van der Waals surface area contributed by atoms with Crippen molar-refractivity contribution in [3.05, 3.63) is 21.4 Å². The van der Waals surface area contributed by atoms with Gasteiger partial charge in [0.1, 0.15) is 0 Å². The van der Waals surface area contributed by atoms with E-state index in [0.717, 1.165) is 17.9 Å². The lowest BCUT2D eigenvalue weighted by Gasteiger charge is -2.33. The monoisotopic (exact) mass is 293 g/mol. The van der Waals surface area contributed by atoms with Crippen LogP contribution in [0.1, 0.15) is 74.2 Å². The standard InChI is InChI=1S/C18H31NS/c1-12(2)9-16-7-6-8-17(11-16)19-14(4)18-10-13(3)20-15(18)5/h10,12,14,16-17,19H,6-9,11H2,1-5H3. The molecule has 1 aromatic rings. The quantitative estimate of drug-likeness (QED) is 0.743. The van der Waals surface area contributed by atoms with E-state index in [-0.39, 0.29) is 0 Å². The molecular weight excluding hydrogens is 262 g/mol. The molecule has 1 aliphatic rings. The van der Waals surface area contributed by atoms with E-state index < -0.39 is 0 Å². The van der Waals surface area contributed by atoms with Gasteiger partial charge in [-0.25, -0.2) is 0 Å². The second-order valence-corrected chi connectivity index (χ2v) is 8.58. The zero-order chi connectivity index (χ0) is 14.7. The van der Waals surface area contributed by atoms with Gasteiger partial charge < -0.3 is 5.32 Å². The summed E-state index contributed by atoms with van der Waals surface area (Å²) in [7, 11) is 0. The van der Waals surface area contributed by atoms with E-state index in [1.54, 1.807) is 0 Å². The average Bonchev–Trinajstić information content (AvgIpc) is 2.68. The van der Waals surface area contributed by atoms with Crippen molar-refractivity contribution in [1.82, 2.24) is 5.32 Å². The van der Waals surface area contributed by atoms with Gasteiger partial charge in [-0.2, -0.15) is 0 Å². The average molecular weight is 294 g/mol. The minimum absolute atomic E-state index is 0.503. The molecule has 3 unspecified atom stereocenters. The Labute approximate surface area is 129 Å². The maximum absolute atomic E-state index is 3.90. The Kier molecular flexibility index (Phi) is 5.68. The molecule has 1 nitrogen and oxygen atoms in total. The first-order valence-corrected chi connectivity index (χ1v) is 9.10. The zero-order valence-electron chi connectivity index (χ0n) is 13.8. The van der Waals surface area contributed by atoms with Gasteiger partial charge in [-0.05, 0) is 63.5 Å². The summed E-state index contributed by atoms with van der Waals surface area (Å²) in [4.78, 5) is 2.92. The Morgan fingerprint density at radius 2 is 2.00 bits per heavy atom. The third-order valence-corrected chi connectivity index (χ3v) is 5.60. The minimum Gasteiger partial charge on any atom is -0.307 e. The summed E-state index contributed by atoms with van der Waals surface area (Å²) >= 11 is 1.93. The van der Waals surface area contributed by atoms with Crippen LogP contribution in [0, 0.1) is 25.7 Å². The highest BCUT2D eigenvalue weighted by Crippen LogP contribution is 2.32. The molecule has 1 aliphatic carbocycles. The van der Waals surface area contributed by atoms with Crippen LogP contribution in [0.25, 0.3) is 0 Å². The Morgan fingerprint density at radius 3 is 2.60 bits per heavy atom. The Morgan fingerprint density at radius 1 is 1.25 bits per heavy atom. The summed E-state index contributed by atoms with van der Waals surface area (Å²) in [6.07, 6.45) is 7.00. The first-order valence-electron chi connectivity index (χ1n) is 8.28. The fraction of sp³-hybridized carbons (Fsp3) is 0.778. The number of aryl methyl sites for hydroxylation is 2. The molecule has 0 aromatic carbocycles. The van der Waals surface area contributed by atoms with Crippen molar-refractivity contribution in [3.63, 3.8) is 0 Å². The molecule has 2 rings (SSSR count). The fourth-order valence-electron chi connectivity index (χ4n) is 3.85. The number of hydrogen-bond acceptors (Lipinski definition) is 2. The van der Waals surface area contributed by atoms with Crippen molar-refractivity contribution < 1.29 is 0 Å². The van der Waals surface area contributed by atoms with Crippen LogP contribution >= 0.6 is 11.3 Å². The van der Waals surface area contributed by atoms with E-state index in [4.69, 9.17) is 0 Å². The Balaban J connectivity index is 1.90. The number of thiophene rings is 1. The zero-order valence-corrected chi connectivity index (χ0v) is 14.6. The van der Waals surface area contributed by atoms with Crippen LogP contribution in [0.3, 0.4) is 0 Å². The summed E-state index contributed by atoms with van der Waals surface area (Å²) < 4.78 is 0. The highest BCUT2D eigenvalue weighted by Gasteiger charge is 2.24. The Hall–Kier alpha value is -0.340. The lowest BCUT2D eigenvalue weighted by Crippen LogP contribution is -2.36. The molecule has 0 aliphatic heterocycles. The van der Waals surface area contributed by atoms with E-state index in [2.05, 4.69) is 46.0 Å². The van der Waals surface area contributed by atoms with E-state index >= 15 is 0 Å². The van der Waals surface area contributed by atoms with Crippen LogP contribution in [0.5, 0.6) is 0 Å². The first-order chi connectivity index (χ1) is 9.45. The predicted molar refractivity (Wildman–Crippen MR) is 90.5 cm³/mol. The summed E-state index contributed by atoms with van der Waals surface area (Å²) in [6.45, 7) is 11.5. The molecule has 1 heterocycles. The molecule has 1 N–H and O–H groups in total. The highest BCUT2D eigenvalue weighted by atomic mass is 32.1. The molecule has 0 spiro atoms. The van der Waals surface area contributed by atoms with E-state index in [1.165, 1.54) is 47.4 Å². The lowest BCUT2D eigenvalue weighted by atomic mass is 9.81.